The van der Waals surface area contributed by atoms with Crippen molar-refractivity contribution < 1.29 is 0 Å². The average Bonchev–Trinajstić information content (AvgIpc) is 3.50. The van der Waals surface area contributed by atoms with Crippen LogP contribution in [-0.4, -0.2) is 0 Å². The Morgan fingerprint density at radius 1 is 0.518 bits per heavy atom. The molecular weight excluding hydrogens is 675 g/mol. The predicted molar refractivity (Wildman–Crippen MR) is 237 cm³/mol. The molecule has 0 saturated heterocycles. The quantitative estimate of drug-likeness (QED) is 0.159. The molecule has 0 spiro atoms. The van der Waals surface area contributed by atoms with Crippen molar-refractivity contribution >= 4 is 17.5 Å². The van der Waals surface area contributed by atoms with Crippen molar-refractivity contribution in [2.75, 3.05) is 4.90 Å². The molecule has 0 aliphatic heterocycles. The topological polar surface area (TPSA) is 3.24 Å². The summed E-state index contributed by atoms with van der Waals surface area (Å²) in [7, 11) is 0. The number of hydrogen-bond acceptors (Lipinski definition) is 1. The molecule has 0 radical (unpaired) electrons. The van der Waals surface area contributed by atoms with Crippen molar-refractivity contribution in [2.45, 2.75) is 44.4 Å². The number of hydrogen-bond donors (Lipinski definition) is 0. The Kier molecular flexibility index (Phi) is 8.52. The highest BCUT2D eigenvalue weighted by molar-refractivity contribution is 5.90. The van der Waals surface area contributed by atoms with Crippen molar-refractivity contribution in [1.29, 1.82) is 0 Å². The van der Waals surface area contributed by atoms with Crippen molar-refractivity contribution in [3.05, 3.63) is 222 Å². The molecule has 3 aliphatic carbocycles. The lowest BCUT2D eigenvalue weighted by atomic mass is 9.82. The Hall–Kier alpha value is -6.44. The Morgan fingerprint density at radius 3 is 1.93 bits per heavy atom. The van der Waals surface area contributed by atoms with E-state index in [0.29, 0.717) is 5.92 Å². The summed E-state index contributed by atoms with van der Waals surface area (Å²) in [6.07, 6.45) is 14.9. The largest absolute Gasteiger partial charge is 0.311 e. The predicted octanol–water partition coefficient (Wildman–Crippen LogP) is 14.7. The molecule has 0 amide bonds. The first-order valence-corrected chi connectivity index (χ1v) is 20.1. The van der Waals surface area contributed by atoms with E-state index in [9.17, 15) is 0 Å². The van der Waals surface area contributed by atoms with Crippen LogP contribution in [0, 0.1) is 0 Å². The van der Waals surface area contributed by atoms with Crippen LogP contribution >= 0.6 is 0 Å². The fourth-order valence-electron chi connectivity index (χ4n) is 9.33. The van der Waals surface area contributed by atoms with E-state index >= 15 is 0 Å². The molecule has 1 nitrogen and oxygen atoms in total. The maximum absolute atomic E-state index is 2.47. The maximum atomic E-state index is 2.47. The van der Waals surface area contributed by atoms with Crippen LogP contribution in [-0.2, 0) is 11.8 Å². The smallest absolute Gasteiger partial charge is 0.0468 e. The van der Waals surface area contributed by atoms with Crippen LogP contribution in [0.2, 0.25) is 0 Å². The van der Waals surface area contributed by atoms with E-state index in [-0.39, 0.29) is 5.41 Å². The minimum Gasteiger partial charge on any atom is -0.311 e. The van der Waals surface area contributed by atoms with Crippen LogP contribution in [0.1, 0.15) is 60.4 Å². The van der Waals surface area contributed by atoms with Crippen LogP contribution in [0.25, 0.3) is 50.6 Å². The molecule has 0 bridgehead atoms. The fourth-order valence-corrected chi connectivity index (χ4v) is 9.33. The summed E-state index contributed by atoms with van der Waals surface area (Å²) in [6.45, 7) is 4.74. The molecule has 0 saturated carbocycles. The van der Waals surface area contributed by atoms with E-state index in [2.05, 4.69) is 213 Å². The van der Waals surface area contributed by atoms with Gasteiger partial charge in [-0.1, -0.05) is 178 Å². The fraction of sp³-hybridized carbons (Fsp3) is 0.127. The Morgan fingerprint density at radius 2 is 1.16 bits per heavy atom. The Bertz CT molecular complexity index is 2670. The van der Waals surface area contributed by atoms with Gasteiger partial charge in [0.05, 0.1) is 0 Å². The first kappa shape index (κ1) is 34.1. The number of allylic oxidation sites excluding steroid dienone is 4. The van der Waals surface area contributed by atoms with E-state index in [1.165, 1.54) is 83.7 Å². The molecule has 1 unspecified atom stereocenters. The van der Waals surface area contributed by atoms with Crippen LogP contribution in [0.15, 0.2) is 194 Å². The maximum Gasteiger partial charge on any atom is 0.0468 e. The molecule has 0 N–H and O–H groups in total. The molecule has 3 aliphatic rings. The minimum atomic E-state index is -0.0939. The molecule has 0 fully saturated rings. The zero-order valence-corrected chi connectivity index (χ0v) is 32.1. The Labute approximate surface area is 331 Å². The number of aryl methyl sites for hydroxylation is 1. The van der Waals surface area contributed by atoms with Gasteiger partial charge < -0.3 is 4.90 Å². The van der Waals surface area contributed by atoms with Gasteiger partial charge in [0.25, 0.3) is 0 Å². The van der Waals surface area contributed by atoms with E-state index in [0.717, 1.165) is 24.9 Å². The number of anilines is 2. The van der Waals surface area contributed by atoms with Crippen molar-refractivity contribution in [3.63, 3.8) is 0 Å². The van der Waals surface area contributed by atoms with Crippen molar-refractivity contribution in [2.24, 2.45) is 0 Å². The lowest BCUT2D eigenvalue weighted by molar-refractivity contribution is 0.660. The van der Waals surface area contributed by atoms with E-state index in [1.54, 1.807) is 0 Å². The molecule has 7 aromatic rings. The molecule has 270 valence electrons. The number of benzene rings is 7. The molecule has 7 aromatic carbocycles. The summed E-state index contributed by atoms with van der Waals surface area (Å²) in [4.78, 5) is 2.47. The van der Waals surface area contributed by atoms with Gasteiger partial charge in [-0.05, 0) is 122 Å². The van der Waals surface area contributed by atoms with Gasteiger partial charge in [0.1, 0.15) is 0 Å². The third-order valence-electron chi connectivity index (χ3n) is 12.3. The second-order valence-electron chi connectivity index (χ2n) is 16.0. The summed E-state index contributed by atoms with van der Waals surface area (Å²) >= 11 is 0. The molecular formula is C55H45N. The highest BCUT2D eigenvalue weighted by atomic mass is 15.1. The zero-order chi connectivity index (χ0) is 37.6. The average molecular weight is 720 g/mol. The molecule has 0 heterocycles. The second kappa shape index (κ2) is 14.0. The molecule has 10 rings (SSSR count). The summed E-state index contributed by atoms with van der Waals surface area (Å²) in [6, 6.07) is 60.8. The SMILES string of the molecule is CC1(C)c2ccccc2-c2ccc(N(C3=CCC(c4ccccc4)C=C3)c3ccc(-c4ccc(-c5cccc6c5C=CCC6)cc4)c(-c4ccccc4)c3)cc21. The summed E-state index contributed by atoms with van der Waals surface area (Å²) in [5.74, 6) is 0.359. The highest BCUT2D eigenvalue weighted by Crippen LogP contribution is 2.51. The van der Waals surface area contributed by atoms with Crippen LogP contribution in [0.5, 0.6) is 0 Å². The van der Waals surface area contributed by atoms with Gasteiger partial charge in [-0.25, -0.2) is 0 Å². The monoisotopic (exact) mass is 719 g/mol. The van der Waals surface area contributed by atoms with Gasteiger partial charge >= 0.3 is 0 Å². The van der Waals surface area contributed by atoms with Gasteiger partial charge in [0.15, 0.2) is 0 Å². The summed E-state index contributed by atoms with van der Waals surface area (Å²) < 4.78 is 0. The van der Waals surface area contributed by atoms with Gasteiger partial charge in [-0.15, -0.1) is 0 Å². The van der Waals surface area contributed by atoms with E-state index in [4.69, 9.17) is 0 Å². The first-order chi connectivity index (χ1) is 27.5. The lowest BCUT2D eigenvalue weighted by Gasteiger charge is -2.31. The normalized spacial score (nSPS) is 16.1. The lowest BCUT2D eigenvalue weighted by Crippen LogP contribution is -2.19. The zero-order valence-electron chi connectivity index (χ0n) is 32.1. The van der Waals surface area contributed by atoms with E-state index in [1.807, 2.05) is 0 Å². The molecule has 0 aromatic heterocycles. The standard InChI is InChI=1S/C55H45N/c1-55(2)53-23-12-11-21-50(53)51-35-33-46(37-54(51)55)56(44-30-28-39(29-31-44)38-14-5-3-6-15-38)45-32-34-49(52(36-45)41-16-7-4-8-17-41)43-26-24-42(25-27-43)48-22-13-19-40-18-9-10-20-47(40)48/h3-8,10-17,19-28,30-37,39H,9,18,29H2,1-2H3. The van der Waals surface area contributed by atoms with Gasteiger partial charge in [0.2, 0.25) is 0 Å². The van der Waals surface area contributed by atoms with Crippen molar-refractivity contribution in [3.8, 4) is 44.5 Å². The second-order valence-corrected chi connectivity index (χ2v) is 16.0. The third-order valence-corrected chi connectivity index (χ3v) is 12.3. The van der Waals surface area contributed by atoms with Gasteiger partial charge in [0, 0.05) is 28.4 Å². The molecule has 1 heteroatoms. The van der Waals surface area contributed by atoms with Gasteiger partial charge in [-0.3, -0.25) is 0 Å². The molecule has 56 heavy (non-hydrogen) atoms. The number of nitrogens with zero attached hydrogens (tertiary/aromatic N) is 1. The van der Waals surface area contributed by atoms with Crippen LogP contribution in [0.4, 0.5) is 11.4 Å². The third kappa shape index (κ3) is 5.96. The highest BCUT2D eigenvalue weighted by Gasteiger charge is 2.36. The van der Waals surface area contributed by atoms with Crippen molar-refractivity contribution in [1.82, 2.24) is 0 Å². The first-order valence-electron chi connectivity index (χ1n) is 20.1. The molecule has 1 atom stereocenters. The minimum absolute atomic E-state index is 0.0939. The van der Waals surface area contributed by atoms with Crippen LogP contribution in [0.3, 0.4) is 0 Å². The number of rotatable bonds is 7. The summed E-state index contributed by atoms with van der Waals surface area (Å²) in [5, 5.41) is 0. The number of fused-ring (bicyclic) bond motifs is 4. The van der Waals surface area contributed by atoms with Crippen LogP contribution < -0.4 is 4.90 Å². The van der Waals surface area contributed by atoms with E-state index < -0.39 is 0 Å². The summed E-state index contributed by atoms with van der Waals surface area (Å²) in [5.41, 5.74) is 20.5. The Balaban J connectivity index is 1.09. The van der Waals surface area contributed by atoms with Gasteiger partial charge in [-0.2, -0.15) is 0 Å².